The molecule has 1 rings (SSSR count). The minimum Gasteiger partial charge on any atom is -0.454 e. The largest absolute Gasteiger partial charge is 0.454 e. The van der Waals surface area contributed by atoms with Crippen molar-refractivity contribution in [2.24, 2.45) is 0 Å². The zero-order valence-electron chi connectivity index (χ0n) is 44.6. The summed E-state index contributed by atoms with van der Waals surface area (Å²) in [5, 5.41) is 56.7. The summed E-state index contributed by atoms with van der Waals surface area (Å²) < 4.78 is 17.5. The van der Waals surface area contributed by atoms with Crippen LogP contribution in [0, 0.1) is 0 Å². The van der Waals surface area contributed by atoms with Crippen LogP contribution in [0.1, 0.15) is 207 Å². The summed E-state index contributed by atoms with van der Waals surface area (Å²) in [5.41, 5.74) is 0. The van der Waals surface area contributed by atoms with Gasteiger partial charge in [-0.2, -0.15) is 0 Å². The molecule has 0 aromatic heterocycles. The van der Waals surface area contributed by atoms with E-state index in [4.69, 9.17) is 14.2 Å². The number of esters is 1. The molecule has 8 atom stereocenters. The smallest absolute Gasteiger partial charge is 0.306 e. The van der Waals surface area contributed by atoms with Gasteiger partial charge in [-0.1, -0.05) is 208 Å². The number of rotatable bonds is 45. The van der Waals surface area contributed by atoms with E-state index in [1.165, 1.54) is 64.2 Å². The highest BCUT2D eigenvalue weighted by Gasteiger charge is 2.47. The first-order valence-electron chi connectivity index (χ1n) is 28.0. The van der Waals surface area contributed by atoms with E-state index in [-0.39, 0.29) is 19.4 Å². The highest BCUT2D eigenvalue weighted by atomic mass is 16.7. The fourth-order valence-corrected chi connectivity index (χ4v) is 8.04. The van der Waals surface area contributed by atoms with Gasteiger partial charge in [-0.05, 0) is 89.9 Å². The average Bonchev–Trinajstić information content (AvgIpc) is 3.37. The van der Waals surface area contributed by atoms with Crippen molar-refractivity contribution in [1.82, 2.24) is 5.32 Å². The second-order valence-corrected chi connectivity index (χ2v) is 19.0. The zero-order valence-corrected chi connectivity index (χ0v) is 44.6. The van der Waals surface area contributed by atoms with Crippen LogP contribution >= 0.6 is 0 Å². The van der Waals surface area contributed by atoms with Crippen LogP contribution in [0.5, 0.6) is 0 Å². The molecule has 406 valence electrons. The quantitative estimate of drug-likeness (QED) is 0.0149. The number of carbonyl (C=O) groups is 2. The number of nitrogens with one attached hydrogen (secondary N) is 1. The normalized spacial score (nSPS) is 20.4. The first kappa shape index (κ1) is 65.6. The second kappa shape index (κ2) is 47.6. The van der Waals surface area contributed by atoms with E-state index >= 15 is 0 Å². The Balaban J connectivity index is 2.75. The fourth-order valence-electron chi connectivity index (χ4n) is 8.04. The van der Waals surface area contributed by atoms with E-state index in [1.807, 2.05) is 30.4 Å². The minimum absolute atomic E-state index is 0.0783. The average molecular weight is 996 g/mol. The third-order valence-corrected chi connectivity index (χ3v) is 12.5. The Labute approximate surface area is 431 Å². The van der Waals surface area contributed by atoms with Gasteiger partial charge < -0.3 is 45.1 Å². The number of carbonyl (C=O) groups excluding carboxylic acids is 2. The van der Waals surface area contributed by atoms with Gasteiger partial charge >= 0.3 is 5.97 Å². The maximum absolute atomic E-state index is 13.3. The summed E-state index contributed by atoms with van der Waals surface area (Å²) in [7, 11) is 0. The molecule has 0 aromatic carbocycles. The lowest BCUT2D eigenvalue weighted by Crippen LogP contribution is -2.61. The Hall–Kier alpha value is -3.42. The van der Waals surface area contributed by atoms with Crippen LogP contribution in [0.15, 0.2) is 97.2 Å². The molecule has 1 saturated heterocycles. The summed E-state index contributed by atoms with van der Waals surface area (Å²) in [4.78, 5) is 26.4. The zero-order chi connectivity index (χ0) is 51.8. The number of aliphatic hydroxyl groups excluding tert-OH is 5. The molecular weight excluding hydrogens is 895 g/mol. The molecule has 0 aromatic rings. The highest BCUT2D eigenvalue weighted by molar-refractivity contribution is 5.80. The predicted molar refractivity (Wildman–Crippen MR) is 292 cm³/mol. The maximum atomic E-state index is 13.3. The van der Waals surface area contributed by atoms with Gasteiger partial charge in [-0.15, -0.1) is 0 Å². The Bertz CT molecular complexity index is 1520. The van der Waals surface area contributed by atoms with Gasteiger partial charge in [0.15, 0.2) is 12.4 Å². The molecule has 11 nitrogen and oxygen atoms in total. The number of unbranched alkanes of at least 4 members (excludes halogenated alkanes) is 19. The summed E-state index contributed by atoms with van der Waals surface area (Å²) in [6.45, 7) is 5.55. The molecule has 0 radical (unpaired) electrons. The van der Waals surface area contributed by atoms with Crippen molar-refractivity contribution in [3.8, 4) is 0 Å². The standard InChI is InChI=1S/C60H101NO10/c1-4-7-10-13-16-19-22-24-25-26-27-28-29-30-33-36-39-42-45-48-55(65)71-58-57(67)56(66)54(49-62)70-60(58)69-50-51(52(63)46-43-40-37-34-31-21-18-15-12-9-6-3)61-59(68)53(64)47-44-41-38-35-32-23-20-17-14-11-8-5-2/h8,11,14,16-17,19-20,23-25,27-28,30,33,43,46,51-54,56-58,60,62-64,66-67H,4-7,9-10,12-13,15,18,21-22,26,29,31-32,34-42,44-45,47-50H2,1-3H3,(H,61,68)/b11-8+,17-14+,19-16-,23-20-,25-24-,28-27-,33-30-,46-43+. The van der Waals surface area contributed by atoms with Crippen LogP contribution < -0.4 is 5.32 Å². The molecule has 1 aliphatic rings. The lowest BCUT2D eigenvalue weighted by Gasteiger charge is -2.41. The third kappa shape index (κ3) is 36.2. The Morgan fingerprint density at radius 2 is 1.07 bits per heavy atom. The molecule has 0 saturated carbocycles. The van der Waals surface area contributed by atoms with Crippen LogP contribution in [0.2, 0.25) is 0 Å². The molecule has 6 N–H and O–H groups in total. The van der Waals surface area contributed by atoms with Gasteiger partial charge in [0, 0.05) is 6.42 Å². The van der Waals surface area contributed by atoms with Crippen molar-refractivity contribution in [2.75, 3.05) is 13.2 Å². The summed E-state index contributed by atoms with van der Waals surface area (Å²) in [6.07, 6.45) is 51.7. The maximum Gasteiger partial charge on any atom is 0.306 e. The number of ether oxygens (including phenoxy) is 3. The predicted octanol–water partition coefficient (Wildman–Crippen LogP) is 12.4. The molecule has 11 heteroatoms. The van der Waals surface area contributed by atoms with Crippen LogP contribution in [-0.2, 0) is 23.8 Å². The molecule has 1 aliphatic heterocycles. The molecule has 0 bridgehead atoms. The highest BCUT2D eigenvalue weighted by Crippen LogP contribution is 2.26. The van der Waals surface area contributed by atoms with Crippen LogP contribution in [0.4, 0.5) is 0 Å². The minimum atomic E-state index is -1.64. The number of hydrogen-bond acceptors (Lipinski definition) is 10. The van der Waals surface area contributed by atoms with Crippen LogP contribution in [0.25, 0.3) is 0 Å². The summed E-state index contributed by atoms with van der Waals surface area (Å²) in [6, 6.07) is -1.05. The molecular formula is C60H101NO10. The fraction of sp³-hybridized carbons (Fsp3) is 0.700. The second-order valence-electron chi connectivity index (χ2n) is 19.0. The lowest BCUT2D eigenvalue weighted by molar-refractivity contribution is -0.305. The van der Waals surface area contributed by atoms with Gasteiger partial charge in [0.2, 0.25) is 5.91 Å². The lowest BCUT2D eigenvalue weighted by atomic mass is 9.99. The Morgan fingerprint density at radius 3 is 1.66 bits per heavy atom. The number of allylic oxidation sites excluding steroid dienone is 15. The molecule has 71 heavy (non-hydrogen) atoms. The van der Waals surface area contributed by atoms with Crippen molar-refractivity contribution in [3.05, 3.63) is 97.2 Å². The van der Waals surface area contributed by atoms with Crippen molar-refractivity contribution in [2.45, 2.75) is 256 Å². The number of hydrogen-bond donors (Lipinski definition) is 6. The first-order chi connectivity index (χ1) is 34.7. The van der Waals surface area contributed by atoms with Crippen molar-refractivity contribution >= 4 is 11.9 Å². The first-order valence-corrected chi connectivity index (χ1v) is 28.0. The van der Waals surface area contributed by atoms with E-state index in [0.29, 0.717) is 12.8 Å². The molecule has 1 fully saturated rings. The number of aliphatic hydroxyl groups is 5. The van der Waals surface area contributed by atoms with E-state index in [9.17, 15) is 35.1 Å². The molecule has 1 heterocycles. The van der Waals surface area contributed by atoms with Crippen LogP contribution in [0.3, 0.4) is 0 Å². The molecule has 0 aliphatic carbocycles. The van der Waals surface area contributed by atoms with E-state index in [0.717, 1.165) is 96.3 Å². The summed E-state index contributed by atoms with van der Waals surface area (Å²) in [5.74, 6) is -1.26. The van der Waals surface area contributed by atoms with Gasteiger partial charge in [0.05, 0.1) is 25.4 Å². The van der Waals surface area contributed by atoms with Crippen molar-refractivity contribution in [3.63, 3.8) is 0 Å². The van der Waals surface area contributed by atoms with Gasteiger partial charge in [0.25, 0.3) is 0 Å². The topological polar surface area (TPSA) is 175 Å². The van der Waals surface area contributed by atoms with Crippen LogP contribution in [-0.4, -0.2) is 99.6 Å². The van der Waals surface area contributed by atoms with Gasteiger partial charge in [-0.3, -0.25) is 9.59 Å². The number of amides is 1. The van der Waals surface area contributed by atoms with Crippen molar-refractivity contribution < 1.29 is 49.3 Å². The van der Waals surface area contributed by atoms with Gasteiger partial charge in [0.1, 0.15) is 24.4 Å². The van der Waals surface area contributed by atoms with Gasteiger partial charge in [-0.25, -0.2) is 0 Å². The monoisotopic (exact) mass is 996 g/mol. The Morgan fingerprint density at radius 1 is 0.577 bits per heavy atom. The van der Waals surface area contributed by atoms with E-state index in [1.54, 1.807) is 6.08 Å². The third-order valence-electron chi connectivity index (χ3n) is 12.5. The Kier molecular flexibility index (Phi) is 44.0. The summed E-state index contributed by atoms with van der Waals surface area (Å²) >= 11 is 0. The van der Waals surface area contributed by atoms with Crippen molar-refractivity contribution in [1.29, 1.82) is 0 Å². The molecule has 1 amide bonds. The molecule has 0 spiro atoms. The van der Waals surface area contributed by atoms with E-state index < -0.39 is 67.4 Å². The SMILES string of the molecule is CC/C=C/C=C/C=C\CCCCCCC(O)C(=O)NC(COC1OC(CO)C(O)C(O)C1OC(=O)CCCCC/C=C\C/C=C\C/C=C\C/C=C\CCCCC)C(O)/C=C/CCCCCCCCCCC. The van der Waals surface area contributed by atoms with E-state index in [2.05, 4.69) is 86.8 Å². The molecule has 8 unspecified atom stereocenters.